The number of fused-ring (bicyclic) bond motifs is 2. The van der Waals surface area contributed by atoms with E-state index in [-0.39, 0.29) is 24.1 Å². The Morgan fingerprint density at radius 2 is 1.91 bits per heavy atom. The summed E-state index contributed by atoms with van der Waals surface area (Å²) in [6.45, 7) is 0.101. The second-order valence-corrected chi connectivity index (χ2v) is 7.02. The minimum Gasteiger partial charge on any atom is -0.508 e. The largest absolute Gasteiger partial charge is 0.508 e. The van der Waals surface area contributed by atoms with Crippen molar-refractivity contribution < 1.29 is 19.0 Å². The van der Waals surface area contributed by atoms with Gasteiger partial charge in [0.15, 0.2) is 11.5 Å². The van der Waals surface area contributed by atoms with Gasteiger partial charge >= 0.3 is 0 Å². The predicted molar refractivity (Wildman–Crippen MR) is 115 cm³/mol. The number of hydrogen-bond acceptors (Lipinski definition) is 6. The third-order valence-electron chi connectivity index (χ3n) is 4.88. The van der Waals surface area contributed by atoms with Crippen molar-refractivity contribution in [2.75, 3.05) is 5.32 Å². The van der Waals surface area contributed by atoms with Gasteiger partial charge in [-0.3, -0.25) is 14.2 Å². The summed E-state index contributed by atoms with van der Waals surface area (Å²) < 4.78 is 20.7. The summed E-state index contributed by atoms with van der Waals surface area (Å²) in [5.41, 5.74) is 2.03. The number of phenolic OH excluding ortho intramolecular Hbond substituents is 1. The molecule has 158 valence electrons. The fourth-order valence-corrected chi connectivity index (χ4v) is 3.29. The molecule has 2 aromatic carbocycles. The molecule has 5 rings (SSSR count). The zero-order valence-electron chi connectivity index (χ0n) is 16.6. The number of nitrogens with zero attached hydrogens (tertiary/aromatic N) is 4. The van der Waals surface area contributed by atoms with Crippen LogP contribution in [-0.2, 0) is 6.61 Å². The fourth-order valence-electron chi connectivity index (χ4n) is 3.29. The first-order chi connectivity index (χ1) is 15.6. The second-order valence-electron chi connectivity index (χ2n) is 7.02. The van der Waals surface area contributed by atoms with Crippen molar-refractivity contribution in [2.45, 2.75) is 6.61 Å². The van der Waals surface area contributed by atoms with Gasteiger partial charge in [-0.05, 0) is 54.6 Å². The van der Waals surface area contributed by atoms with Crippen LogP contribution in [-0.4, -0.2) is 30.6 Å². The Balaban J connectivity index is 1.38. The normalized spacial score (nSPS) is 11.0. The number of ether oxygens (including phenoxy) is 1. The van der Waals surface area contributed by atoms with E-state index in [4.69, 9.17) is 4.74 Å². The van der Waals surface area contributed by atoms with E-state index in [1.165, 1.54) is 24.3 Å². The van der Waals surface area contributed by atoms with Crippen LogP contribution < -0.4 is 10.1 Å². The lowest BCUT2D eigenvalue weighted by Crippen LogP contribution is -2.13. The number of aromatic hydroxyl groups is 1. The summed E-state index contributed by atoms with van der Waals surface area (Å²) in [4.78, 5) is 16.8. The van der Waals surface area contributed by atoms with E-state index in [0.717, 1.165) is 5.39 Å². The molecular weight excluding hydrogens is 413 g/mol. The number of carbonyl (C=O) groups excluding carboxylic acids is 1. The van der Waals surface area contributed by atoms with Crippen molar-refractivity contribution in [2.24, 2.45) is 0 Å². The number of carbonyl (C=O) groups is 1. The van der Waals surface area contributed by atoms with E-state index in [2.05, 4.69) is 20.5 Å². The molecule has 0 aliphatic rings. The number of amides is 1. The molecule has 0 saturated carbocycles. The van der Waals surface area contributed by atoms with Crippen molar-refractivity contribution in [1.29, 1.82) is 0 Å². The maximum absolute atomic E-state index is 13.1. The highest BCUT2D eigenvalue weighted by Gasteiger charge is 2.12. The van der Waals surface area contributed by atoms with E-state index >= 15 is 0 Å². The number of phenols is 1. The van der Waals surface area contributed by atoms with Crippen LogP contribution in [0.25, 0.3) is 16.6 Å². The number of hydrogen-bond donors (Lipinski definition) is 2. The Bertz CT molecular complexity index is 1450. The Hall–Kier alpha value is -4.53. The number of pyridine rings is 2. The number of nitrogens with one attached hydrogen (secondary N) is 1. The van der Waals surface area contributed by atoms with Crippen LogP contribution in [0.4, 0.5) is 10.1 Å². The van der Waals surface area contributed by atoms with Crippen LogP contribution in [0.2, 0.25) is 0 Å². The Kier molecular flexibility index (Phi) is 4.83. The molecule has 3 heterocycles. The van der Waals surface area contributed by atoms with E-state index < -0.39 is 0 Å². The molecule has 0 aliphatic carbocycles. The number of halogens is 1. The van der Waals surface area contributed by atoms with Crippen molar-refractivity contribution >= 4 is 28.1 Å². The zero-order chi connectivity index (χ0) is 22.1. The molecular formula is C23H16FN5O3. The third kappa shape index (κ3) is 3.79. The topological polar surface area (TPSA) is 102 Å². The summed E-state index contributed by atoms with van der Waals surface area (Å²) in [5, 5.41) is 21.4. The quantitative estimate of drug-likeness (QED) is 0.439. The highest BCUT2D eigenvalue weighted by molar-refractivity contribution is 6.04. The smallest absolute Gasteiger partial charge is 0.257 e. The van der Waals surface area contributed by atoms with Gasteiger partial charge < -0.3 is 15.2 Å². The molecule has 0 fully saturated rings. The standard InChI is InChI=1S/C23H16FN5O3/c24-15-2-4-16(5-3-15)26-23(31)14-1-8-21-27-28-22(29(21)12-14)13-32-20-9-10-25-19-11-17(30)6-7-18(19)20/h1-12,30H,13H2,(H,26,31). The molecule has 8 nitrogen and oxygen atoms in total. The average Bonchev–Trinajstić information content (AvgIpc) is 3.21. The molecule has 3 aromatic heterocycles. The van der Waals surface area contributed by atoms with Gasteiger partial charge in [-0.15, -0.1) is 10.2 Å². The lowest BCUT2D eigenvalue weighted by molar-refractivity contribution is 0.102. The Morgan fingerprint density at radius 1 is 1.06 bits per heavy atom. The molecule has 1 amide bonds. The van der Waals surface area contributed by atoms with Crippen LogP contribution in [0.1, 0.15) is 16.2 Å². The number of aromatic nitrogens is 4. The molecule has 32 heavy (non-hydrogen) atoms. The van der Waals surface area contributed by atoms with Gasteiger partial charge in [-0.1, -0.05) is 0 Å². The van der Waals surface area contributed by atoms with Crippen LogP contribution in [0.3, 0.4) is 0 Å². The van der Waals surface area contributed by atoms with E-state index in [1.807, 2.05) is 0 Å². The van der Waals surface area contributed by atoms with Gasteiger partial charge in [0.05, 0.1) is 11.1 Å². The van der Waals surface area contributed by atoms with Gasteiger partial charge in [0.2, 0.25) is 0 Å². The molecule has 9 heteroatoms. The first kappa shape index (κ1) is 19.4. The lowest BCUT2D eigenvalue weighted by atomic mass is 10.2. The first-order valence-corrected chi connectivity index (χ1v) is 9.68. The fraction of sp³-hybridized carbons (Fsp3) is 0.0435. The Morgan fingerprint density at radius 3 is 2.75 bits per heavy atom. The molecule has 0 bridgehead atoms. The van der Waals surface area contributed by atoms with Crippen molar-refractivity contribution in [1.82, 2.24) is 19.6 Å². The zero-order valence-corrected chi connectivity index (χ0v) is 16.6. The minimum absolute atomic E-state index is 0.101. The SMILES string of the molecule is O=C(Nc1ccc(F)cc1)c1ccc2nnc(COc3ccnc4cc(O)ccc34)n2c1. The molecule has 0 aliphatic heterocycles. The number of rotatable bonds is 5. The molecule has 0 saturated heterocycles. The number of anilines is 1. The highest BCUT2D eigenvalue weighted by Crippen LogP contribution is 2.27. The molecule has 0 unspecified atom stereocenters. The number of benzene rings is 2. The molecule has 0 atom stereocenters. The molecule has 0 spiro atoms. The average molecular weight is 429 g/mol. The van der Waals surface area contributed by atoms with E-state index in [1.54, 1.807) is 53.2 Å². The van der Waals surface area contributed by atoms with Gasteiger partial charge in [0.25, 0.3) is 5.91 Å². The van der Waals surface area contributed by atoms with Crippen LogP contribution in [0, 0.1) is 5.82 Å². The maximum atomic E-state index is 13.1. The minimum atomic E-state index is -0.377. The van der Waals surface area contributed by atoms with Crippen molar-refractivity contribution in [3.63, 3.8) is 0 Å². The van der Waals surface area contributed by atoms with Crippen LogP contribution in [0.15, 0.2) is 73.1 Å². The second kappa shape index (κ2) is 7.95. The van der Waals surface area contributed by atoms with Crippen molar-refractivity contribution in [3.8, 4) is 11.5 Å². The first-order valence-electron chi connectivity index (χ1n) is 9.68. The third-order valence-corrected chi connectivity index (χ3v) is 4.88. The molecule has 0 radical (unpaired) electrons. The van der Waals surface area contributed by atoms with Gasteiger partial charge in [0.1, 0.15) is 23.9 Å². The summed E-state index contributed by atoms with van der Waals surface area (Å²) in [5.74, 6) is 0.477. The molecule has 5 aromatic rings. The molecule has 2 N–H and O–H groups in total. The van der Waals surface area contributed by atoms with Gasteiger partial charge in [-0.2, -0.15) is 0 Å². The Labute approximate surface area is 180 Å². The summed E-state index contributed by atoms with van der Waals surface area (Å²) in [6, 6.07) is 15.4. The van der Waals surface area contributed by atoms with Crippen LogP contribution >= 0.6 is 0 Å². The summed E-state index contributed by atoms with van der Waals surface area (Å²) >= 11 is 0. The lowest BCUT2D eigenvalue weighted by Gasteiger charge is -2.09. The van der Waals surface area contributed by atoms with Crippen molar-refractivity contribution in [3.05, 3.63) is 90.3 Å². The monoisotopic (exact) mass is 429 g/mol. The predicted octanol–water partition coefficient (Wildman–Crippen LogP) is 3.95. The van der Waals surface area contributed by atoms with E-state index in [0.29, 0.717) is 34.0 Å². The highest BCUT2D eigenvalue weighted by atomic mass is 19.1. The summed E-state index contributed by atoms with van der Waals surface area (Å²) in [7, 11) is 0. The maximum Gasteiger partial charge on any atom is 0.257 e. The van der Waals surface area contributed by atoms with Gasteiger partial charge in [0, 0.05) is 29.5 Å². The van der Waals surface area contributed by atoms with Crippen LogP contribution in [0.5, 0.6) is 11.5 Å². The van der Waals surface area contributed by atoms with Gasteiger partial charge in [-0.25, -0.2) is 4.39 Å². The van der Waals surface area contributed by atoms with E-state index in [9.17, 15) is 14.3 Å². The summed E-state index contributed by atoms with van der Waals surface area (Å²) in [6.07, 6.45) is 3.21.